The van der Waals surface area contributed by atoms with Gasteiger partial charge in [0.1, 0.15) is 6.04 Å². The fourth-order valence-electron chi connectivity index (χ4n) is 10.3. The number of benzene rings is 2. The number of nitrogens with one attached hydrogen (secondary N) is 1. The number of amides is 6. The molecule has 5 aliphatic heterocycles. The van der Waals surface area contributed by atoms with E-state index in [0.717, 1.165) is 47.4 Å². The number of rotatable bonds is 5. The minimum atomic E-state index is -0.969. The van der Waals surface area contributed by atoms with Gasteiger partial charge in [-0.05, 0) is 89.5 Å². The van der Waals surface area contributed by atoms with Crippen molar-refractivity contribution < 1.29 is 28.8 Å². The molecule has 3 fully saturated rings. The number of hydrogen-bond donors (Lipinski definition) is 1. The number of carbonyl (C=O) groups excluding carboxylic acids is 6. The van der Waals surface area contributed by atoms with Crippen LogP contribution >= 0.6 is 0 Å². The average Bonchev–Trinajstić information content (AvgIpc) is 3.65. The van der Waals surface area contributed by atoms with Gasteiger partial charge in [0.05, 0.1) is 11.1 Å². The van der Waals surface area contributed by atoms with Crippen molar-refractivity contribution in [1.29, 1.82) is 0 Å². The molecule has 1 unspecified atom stereocenters. The number of carbonyl (C=O) groups is 6. The maximum absolute atomic E-state index is 13.6. The lowest BCUT2D eigenvalue weighted by molar-refractivity contribution is -0.136. The topological polar surface area (TPSA) is 127 Å². The molecule has 11 heteroatoms. The largest absolute Gasteiger partial charge is 0.339 e. The van der Waals surface area contributed by atoms with Gasteiger partial charge in [0.15, 0.2) is 0 Å². The Bertz CT molecular complexity index is 1800. The minimum absolute atomic E-state index is 0.0141. The molecule has 8 rings (SSSR count). The molecule has 0 aromatic heterocycles. The number of imide groups is 2. The molecule has 11 nitrogen and oxygen atoms in total. The molecule has 1 N–H and O–H groups in total. The molecule has 0 spiro atoms. The smallest absolute Gasteiger partial charge is 0.262 e. The van der Waals surface area contributed by atoms with E-state index in [4.69, 9.17) is 0 Å². The SMILES string of the molecule is CC1(C)CC(C)(C)C1N1Cc2cc(C(=O)N3CCC(CN4Cc5cc6c(cc5C4)C(=O)N(C4CCC(=O)NC4=O)C6=O)CC3)ccc2C1=O. The Morgan fingerprint density at radius 1 is 0.776 bits per heavy atom. The van der Waals surface area contributed by atoms with E-state index in [1.165, 1.54) is 0 Å². The van der Waals surface area contributed by atoms with Crippen molar-refractivity contribution in [2.75, 3.05) is 19.6 Å². The third-order valence-corrected chi connectivity index (χ3v) is 11.9. The second-order valence-corrected chi connectivity index (χ2v) is 16.4. The van der Waals surface area contributed by atoms with E-state index >= 15 is 0 Å². The zero-order chi connectivity index (χ0) is 34.6. The second kappa shape index (κ2) is 11.1. The van der Waals surface area contributed by atoms with Gasteiger partial charge < -0.3 is 9.80 Å². The van der Waals surface area contributed by atoms with Gasteiger partial charge >= 0.3 is 0 Å². The number of piperidine rings is 2. The summed E-state index contributed by atoms with van der Waals surface area (Å²) in [6, 6.07) is 8.38. The monoisotopic (exact) mass is 665 g/mol. The summed E-state index contributed by atoms with van der Waals surface area (Å²) in [7, 11) is 0. The lowest BCUT2D eigenvalue weighted by Gasteiger charge is -2.60. The van der Waals surface area contributed by atoms with Crippen molar-refractivity contribution in [3.63, 3.8) is 0 Å². The van der Waals surface area contributed by atoms with Crippen molar-refractivity contribution in [1.82, 2.24) is 24.9 Å². The van der Waals surface area contributed by atoms with E-state index in [1.807, 2.05) is 28.0 Å². The van der Waals surface area contributed by atoms with Gasteiger partial charge in [-0.25, -0.2) is 0 Å². The zero-order valence-corrected chi connectivity index (χ0v) is 28.6. The molecule has 1 atom stereocenters. The van der Waals surface area contributed by atoms with Gasteiger partial charge in [-0.1, -0.05) is 27.7 Å². The Kier molecular flexibility index (Phi) is 7.20. The Balaban J connectivity index is 0.865. The molecule has 1 saturated carbocycles. The molecule has 256 valence electrons. The molecule has 5 heterocycles. The molecule has 0 bridgehead atoms. The molecule has 0 radical (unpaired) electrons. The summed E-state index contributed by atoms with van der Waals surface area (Å²) in [5, 5.41) is 2.24. The summed E-state index contributed by atoms with van der Waals surface area (Å²) in [4.78, 5) is 84.8. The summed E-state index contributed by atoms with van der Waals surface area (Å²) >= 11 is 0. The van der Waals surface area contributed by atoms with Crippen molar-refractivity contribution in [3.05, 3.63) is 69.3 Å². The minimum Gasteiger partial charge on any atom is -0.339 e. The first-order valence-corrected chi connectivity index (χ1v) is 17.5. The van der Waals surface area contributed by atoms with Crippen LogP contribution in [0.15, 0.2) is 30.3 Å². The fraction of sp³-hybridized carbons (Fsp3) is 0.526. The first-order chi connectivity index (χ1) is 23.2. The predicted molar refractivity (Wildman–Crippen MR) is 178 cm³/mol. The van der Waals surface area contributed by atoms with Crippen molar-refractivity contribution in [2.45, 2.75) is 91.5 Å². The summed E-state index contributed by atoms with van der Waals surface area (Å²) in [5.74, 6) is -1.46. The fourth-order valence-corrected chi connectivity index (χ4v) is 10.3. The van der Waals surface area contributed by atoms with Crippen LogP contribution < -0.4 is 5.32 Å². The van der Waals surface area contributed by atoms with E-state index in [9.17, 15) is 28.8 Å². The maximum atomic E-state index is 13.6. The molecule has 2 saturated heterocycles. The van der Waals surface area contributed by atoms with Crippen LogP contribution in [0.5, 0.6) is 0 Å². The predicted octanol–water partition coefficient (Wildman–Crippen LogP) is 3.74. The van der Waals surface area contributed by atoms with Crippen LogP contribution in [0.25, 0.3) is 0 Å². The zero-order valence-electron chi connectivity index (χ0n) is 28.6. The van der Waals surface area contributed by atoms with Gasteiger partial charge in [-0.3, -0.25) is 43.9 Å². The average molecular weight is 666 g/mol. The third kappa shape index (κ3) is 5.11. The maximum Gasteiger partial charge on any atom is 0.262 e. The lowest BCUT2D eigenvalue weighted by Crippen LogP contribution is -2.63. The number of fused-ring (bicyclic) bond motifs is 3. The van der Waals surface area contributed by atoms with Gasteiger partial charge in [0.2, 0.25) is 11.8 Å². The van der Waals surface area contributed by atoms with Gasteiger partial charge in [-0.2, -0.15) is 0 Å². The van der Waals surface area contributed by atoms with Crippen LogP contribution in [0.4, 0.5) is 0 Å². The Hall–Kier alpha value is -4.38. The molecule has 49 heavy (non-hydrogen) atoms. The standard InChI is InChI=1S/C38H43N5O6/c1-37(2)20-38(3,4)36(37)42-19-25-13-22(5-6-26(25)33(42)47)32(46)41-11-9-21(10-12-41)16-40-17-23-14-27-28(15-24(23)18-40)35(49)43(34(27)48)29-7-8-30(44)39-31(29)45/h5-6,13-15,21,29,36H,7-12,16-20H2,1-4H3,(H,39,44,45). The summed E-state index contributed by atoms with van der Waals surface area (Å²) in [6.07, 6.45) is 3.08. The van der Waals surface area contributed by atoms with E-state index in [2.05, 4.69) is 37.9 Å². The van der Waals surface area contributed by atoms with Crippen LogP contribution in [-0.4, -0.2) is 86.8 Å². The van der Waals surface area contributed by atoms with Crippen LogP contribution in [0.1, 0.15) is 118 Å². The molecule has 6 amide bonds. The summed E-state index contributed by atoms with van der Waals surface area (Å²) in [6.45, 7) is 13.0. The van der Waals surface area contributed by atoms with E-state index < -0.39 is 29.7 Å². The Morgan fingerprint density at radius 2 is 1.41 bits per heavy atom. The molecule has 2 aromatic rings. The highest BCUT2D eigenvalue weighted by molar-refractivity contribution is 6.23. The lowest BCUT2D eigenvalue weighted by atomic mass is 9.51. The molecular weight excluding hydrogens is 622 g/mol. The van der Waals surface area contributed by atoms with Crippen LogP contribution in [0.3, 0.4) is 0 Å². The van der Waals surface area contributed by atoms with Crippen molar-refractivity contribution in [3.8, 4) is 0 Å². The van der Waals surface area contributed by atoms with Gasteiger partial charge in [0, 0.05) is 62.9 Å². The summed E-state index contributed by atoms with van der Waals surface area (Å²) < 4.78 is 0. The number of likely N-dealkylation sites (tertiary alicyclic amines) is 1. The van der Waals surface area contributed by atoms with Crippen LogP contribution in [0.2, 0.25) is 0 Å². The van der Waals surface area contributed by atoms with E-state index in [-0.39, 0.29) is 41.5 Å². The second-order valence-electron chi connectivity index (χ2n) is 16.4. The third-order valence-electron chi connectivity index (χ3n) is 11.9. The highest BCUT2D eigenvalue weighted by atomic mass is 16.2. The highest BCUT2D eigenvalue weighted by Crippen LogP contribution is 2.57. The summed E-state index contributed by atoms with van der Waals surface area (Å²) in [5.41, 5.74) is 5.10. The van der Waals surface area contributed by atoms with E-state index in [1.54, 1.807) is 12.1 Å². The quantitative estimate of drug-likeness (QED) is 0.483. The first-order valence-electron chi connectivity index (χ1n) is 17.5. The Labute approximate surface area is 286 Å². The molecular formula is C38H43N5O6. The van der Waals surface area contributed by atoms with Gasteiger partial charge in [0.25, 0.3) is 23.6 Å². The first kappa shape index (κ1) is 31.9. The van der Waals surface area contributed by atoms with Crippen molar-refractivity contribution in [2.24, 2.45) is 16.7 Å². The molecule has 1 aliphatic carbocycles. The number of nitrogens with zero attached hydrogens (tertiary/aromatic N) is 4. The van der Waals surface area contributed by atoms with E-state index in [0.29, 0.717) is 60.9 Å². The highest BCUT2D eigenvalue weighted by Gasteiger charge is 2.57. The Morgan fingerprint density at radius 3 is 2.00 bits per heavy atom. The van der Waals surface area contributed by atoms with Gasteiger partial charge in [-0.15, -0.1) is 0 Å². The van der Waals surface area contributed by atoms with Crippen molar-refractivity contribution >= 4 is 35.4 Å². The number of hydrogen-bond acceptors (Lipinski definition) is 7. The normalized spacial score (nSPS) is 25.0. The van der Waals surface area contributed by atoms with Crippen LogP contribution in [-0.2, 0) is 29.2 Å². The molecule has 2 aromatic carbocycles. The molecule has 6 aliphatic rings. The van der Waals surface area contributed by atoms with Crippen LogP contribution in [0, 0.1) is 16.7 Å².